The predicted molar refractivity (Wildman–Crippen MR) is 109 cm³/mol. The number of hydrogen-bond acceptors (Lipinski definition) is 5. The molecule has 0 aliphatic rings. The number of nitro groups is 1. The highest BCUT2D eigenvalue weighted by Crippen LogP contribution is 2.28. The standard InChI is InChI=1S/C21H18N2O5S/c1-15-8-11-18(12-9-15)22(29(27,28)19-6-4-3-5-7-19)21(24)17-10-13-20(23(25)26)16(2)14-17/h3-14H,1-2H3. The van der Waals surface area contributed by atoms with Crippen molar-refractivity contribution in [3.05, 3.63) is 99.6 Å². The zero-order valence-electron chi connectivity index (χ0n) is 15.8. The van der Waals surface area contributed by atoms with E-state index in [2.05, 4.69) is 0 Å². The monoisotopic (exact) mass is 410 g/mol. The van der Waals surface area contributed by atoms with Crippen LogP contribution in [0.1, 0.15) is 21.5 Å². The summed E-state index contributed by atoms with van der Waals surface area (Å²) in [6, 6.07) is 17.9. The lowest BCUT2D eigenvalue weighted by atomic mass is 10.1. The molecule has 3 aromatic carbocycles. The maximum absolute atomic E-state index is 13.3. The first-order valence-electron chi connectivity index (χ1n) is 8.68. The van der Waals surface area contributed by atoms with Crippen LogP contribution in [0.25, 0.3) is 0 Å². The number of hydrogen-bond donors (Lipinski definition) is 0. The average molecular weight is 410 g/mol. The second-order valence-electron chi connectivity index (χ2n) is 6.48. The van der Waals surface area contributed by atoms with Crippen LogP contribution >= 0.6 is 0 Å². The van der Waals surface area contributed by atoms with Gasteiger partial charge < -0.3 is 0 Å². The fourth-order valence-corrected chi connectivity index (χ4v) is 4.29. The van der Waals surface area contributed by atoms with Crippen molar-refractivity contribution in [3.8, 4) is 0 Å². The Morgan fingerprint density at radius 1 is 0.931 bits per heavy atom. The third kappa shape index (κ3) is 4.02. The number of benzene rings is 3. The highest BCUT2D eigenvalue weighted by Gasteiger charge is 2.32. The number of nitro benzene ring substituents is 1. The summed E-state index contributed by atoms with van der Waals surface area (Å²) in [6.45, 7) is 3.35. The first-order chi connectivity index (χ1) is 13.7. The van der Waals surface area contributed by atoms with E-state index in [1.165, 1.54) is 37.3 Å². The fourth-order valence-electron chi connectivity index (χ4n) is 2.85. The molecular formula is C21H18N2O5S. The van der Waals surface area contributed by atoms with Gasteiger partial charge in [0.25, 0.3) is 21.6 Å². The van der Waals surface area contributed by atoms with Gasteiger partial charge in [-0.25, -0.2) is 8.42 Å². The smallest absolute Gasteiger partial charge is 0.268 e. The highest BCUT2D eigenvalue weighted by atomic mass is 32.2. The molecule has 1 amide bonds. The molecule has 0 spiro atoms. The lowest BCUT2D eigenvalue weighted by molar-refractivity contribution is -0.385. The summed E-state index contributed by atoms with van der Waals surface area (Å²) in [5.41, 5.74) is 1.24. The van der Waals surface area contributed by atoms with Crippen molar-refractivity contribution in [1.82, 2.24) is 0 Å². The second-order valence-corrected chi connectivity index (χ2v) is 8.27. The van der Waals surface area contributed by atoms with Crippen LogP contribution in [0.2, 0.25) is 0 Å². The van der Waals surface area contributed by atoms with Gasteiger partial charge in [0.2, 0.25) is 0 Å². The van der Waals surface area contributed by atoms with Crippen molar-refractivity contribution in [2.24, 2.45) is 0 Å². The van der Waals surface area contributed by atoms with Gasteiger partial charge in [0.15, 0.2) is 0 Å². The van der Waals surface area contributed by atoms with E-state index in [0.29, 0.717) is 0 Å². The molecule has 0 bridgehead atoms. The van der Waals surface area contributed by atoms with Gasteiger partial charge in [0, 0.05) is 17.2 Å². The minimum absolute atomic E-state index is 0.0347. The van der Waals surface area contributed by atoms with Gasteiger partial charge in [-0.2, -0.15) is 4.31 Å². The van der Waals surface area contributed by atoms with Gasteiger partial charge >= 0.3 is 0 Å². The van der Waals surface area contributed by atoms with Gasteiger partial charge in [-0.05, 0) is 50.2 Å². The maximum Gasteiger partial charge on any atom is 0.272 e. The van der Waals surface area contributed by atoms with Crippen LogP contribution in [0, 0.1) is 24.0 Å². The van der Waals surface area contributed by atoms with Crippen LogP contribution in [0.15, 0.2) is 77.7 Å². The first kappa shape index (κ1) is 20.2. The number of nitrogens with zero attached hydrogens (tertiary/aromatic N) is 2. The normalized spacial score (nSPS) is 11.1. The van der Waals surface area contributed by atoms with Crippen LogP contribution < -0.4 is 4.31 Å². The molecule has 0 atom stereocenters. The lowest BCUT2D eigenvalue weighted by Crippen LogP contribution is -2.37. The molecule has 7 nitrogen and oxygen atoms in total. The number of rotatable bonds is 5. The third-order valence-corrected chi connectivity index (χ3v) is 6.10. The summed E-state index contributed by atoms with van der Waals surface area (Å²) >= 11 is 0. The molecular weight excluding hydrogens is 392 g/mol. The first-order valence-corrected chi connectivity index (χ1v) is 10.1. The zero-order chi connectivity index (χ0) is 21.2. The molecule has 8 heteroatoms. The molecule has 0 aliphatic heterocycles. The van der Waals surface area contributed by atoms with Crippen molar-refractivity contribution in [2.45, 2.75) is 18.7 Å². The van der Waals surface area contributed by atoms with Crippen molar-refractivity contribution in [2.75, 3.05) is 4.31 Å². The summed E-state index contributed by atoms with van der Waals surface area (Å²) < 4.78 is 27.3. The molecule has 0 aliphatic carbocycles. The Hall–Kier alpha value is -3.52. The predicted octanol–water partition coefficient (Wildman–Crippen LogP) is 4.25. The van der Waals surface area contributed by atoms with Crippen molar-refractivity contribution in [1.29, 1.82) is 0 Å². The Labute approximate surface area is 168 Å². The summed E-state index contributed by atoms with van der Waals surface area (Å²) in [5.74, 6) is -0.796. The molecule has 148 valence electrons. The molecule has 0 fully saturated rings. The van der Waals surface area contributed by atoms with Crippen LogP contribution in [-0.4, -0.2) is 19.2 Å². The number of sulfonamides is 1. The molecule has 0 unspecified atom stereocenters. The van der Waals surface area contributed by atoms with E-state index in [1.807, 2.05) is 6.92 Å². The minimum Gasteiger partial charge on any atom is -0.268 e. The lowest BCUT2D eigenvalue weighted by Gasteiger charge is -2.23. The molecule has 0 heterocycles. The average Bonchev–Trinajstić information content (AvgIpc) is 2.69. The Kier molecular flexibility index (Phi) is 5.47. The number of amides is 1. The molecule has 0 aromatic heterocycles. The molecule has 0 N–H and O–H groups in total. The van der Waals surface area contributed by atoms with Gasteiger partial charge in [-0.1, -0.05) is 35.9 Å². The van der Waals surface area contributed by atoms with Crippen molar-refractivity contribution in [3.63, 3.8) is 0 Å². The van der Waals surface area contributed by atoms with E-state index in [9.17, 15) is 23.3 Å². The van der Waals surface area contributed by atoms with Gasteiger partial charge in [-0.3, -0.25) is 14.9 Å². The van der Waals surface area contributed by atoms with Crippen molar-refractivity contribution < 1.29 is 18.1 Å². The van der Waals surface area contributed by atoms with Crippen LogP contribution in [-0.2, 0) is 10.0 Å². The fraction of sp³-hybridized carbons (Fsp3) is 0.0952. The summed E-state index contributed by atoms with van der Waals surface area (Å²) in [4.78, 5) is 23.7. The second kappa shape index (κ2) is 7.84. The molecule has 29 heavy (non-hydrogen) atoms. The van der Waals surface area contributed by atoms with E-state index in [0.717, 1.165) is 9.87 Å². The maximum atomic E-state index is 13.3. The van der Waals surface area contributed by atoms with Gasteiger partial charge in [0.1, 0.15) is 0 Å². The topological polar surface area (TPSA) is 97.6 Å². The minimum atomic E-state index is -4.20. The van der Waals surface area contributed by atoms with E-state index >= 15 is 0 Å². The Morgan fingerprint density at radius 2 is 1.55 bits per heavy atom. The van der Waals surface area contributed by atoms with Gasteiger partial charge in [0.05, 0.1) is 15.5 Å². The quantitative estimate of drug-likeness (QED) is 0.463. The van der Waals surface area contributed by atoms with Crippen molar-refractivity contribution >= 4 is 27.3 Å². The van der Waals surface area contributed by atoms with E-state index in [1.54, 1.807) is 42.5 Å². The van der Waals surface area contributed by atoms with Crippen LogP contribution in [0.3, 0.4) is 0 Å². The molecule has 0 saturated carbocycles. The van der Waals surface area contributed by atoms with E-state index in [4.69, 9.17) is 0 Å². The summed E-state index contributed by atoms with van der Waals surface area (Å²) in [6.07, 6.45) is 0. The van der Waals surface area contributed by atoms with E-state index in [-0.39, 0.29) is 27.4 Å². The van der Waals surface area contributed by atoms with E-state index < -0.39 is 20.9 Å². The molecule has 3 rings (SSSR count). The molecule has 0 radical (unpaired) electrons. The van der Waals surface area contributed by atoms with Crippen LogP contribution in [0.5, 0.6) is 0 Å². The Bertz CT molecular complexity index is 1170. The highest BCUT2D eigenvalue weighted by molar-refractivity contribution is 7.93. The number of carbonyl (C=O) groups is 1. The summed E-state index contributed by atoms with van der Waals surface area (Å²) in [5, 5.41) is 11.0. The summed E-state index contributed by atoms with van der Waals surface area (Å²) in [7, 11) is -4.20. The van der Waals surface area contributed by atoms with Crippen LogP contribution in [0.4, 0.5) is 11.4 Å². The largest absolute Gasteiger partial charge is 0.272 e. The molecule has 3 aromatic rings. The third-order valence-electron chi connectivity index (χ3n) is 4.37. The number of aryl methyl sites for hydroxylation is 2. The van der Waals surface area contributed by atoms with Gasteiger partial charge in [-0.15, -0.1) is 0 Å². The number of carbonyl (C=O) groups excluding carboxylic acids is 1. The zero-order valence-corrected chi connectivity index (χ0v) is 16.6. The SMILES string of the molecule is Cc1ccc(N(C(=O)c2ccc([N+](=O)[O-])c(C)c2)S(=O)(=O)c2ccccc2)cc1. The Morgan fingerprint density at radius 3 is 2.10 bits per heavy atom. The Balaban J connectivity index is 2.15. The molecule has 0 saturated heterocycles. The number of anilines is 1.